The second kappa shape index (κ2) is 9.82. The first kappa shape index (κ1) is 21.9. The number of amides is 1. The predicted octanol–water partition coefficient (Wildman–Crippen LogP) is 1.59. The standard InChI is InChI=1S/C21H27N3O5S/c1-28-19-10-6-9-18(20(19)29-2)21(25)22-11-16-30(26,27)24-14-12-23(13-15-24)17-7-4-3-5-8-17/h3-10H,11-16H2,1-2H3,(H,22,25). The number of carbonyl (C=O) groups excluding carboxylic acids is 1. The van der Waals surface area contributed by atoms with Crippen LogP contribution in [0.25, 0.3) is 0 Å². The number of benzene rings is 2. The van der Waals surface area contributed by atoms with Gasteiger partial charge in [0.1, 0.15) is 0 Å². The number of hydrogen-bond acceptors (Lipinski definition) is 6. The molecule has 0 spiro atoms. The molecule has 0 radical (unpaired) electrons. The van der Waals surface area contributed by atoms with Crippen LogP contribution in [-0.4, -0.2) is 71.3 Å². The molecule has 0 bridgehead atoms. The van der Waals surface area contributed by atoms with Gasteiger partial charge in [-0.05, 0) is 24.3 Å². The molecule has 9 heteroatoms. The largest absolute Gasteiger partial charge is 0.493 e. The summed E-state index contributed by atoms with van der Waals surface area (Å²) in [4.78, 5) is 14.7. The lowest BCUT2D eigenvalue weighted by Gasteiger charge is -2.35. The van der Waals surface area contributed by atoms with Crippen LogP contribution in [0.3, 0.4) is 0 Å². The summed E-state index contributed by atoms with van der Waals surface area (Å²) < 4.78 is 37.3. The van der Waals surface area contributed by atoms with Crippen molar-refractivity contribution in [3.05, 3.63) is 54.1 Å². The minimum atomic E-state index is -3.46. The summed E-state index contributed by atoms with van der Waals surface area (Å²) in [6.07, 6.45) is 0. The molecular weight excluding hydrogens is 406 g/mol. The number of ether oxygens (including phenoxy) is 2. The molecule has 0 aliphatic carbocycles. The van der Waals surface area contributed by atoms with Crippen LogP contribution in [0.4, 0.5) is 5.69 Å². The number of nitrogens with one attached hydrogen (secondary N) is 1. The zero-order valence-electron chi connectivity index (χ0n) is 17.2. The van der Waals surface area contributed by atoms with Crippen molar-refractivity contribution < 1.29 is 22.7 Å². The molecule has 1 N–H and O–H groups in total. The number of anilines is 1. The van der Waals surface area contributed by atoms with Gasteiger partial charge in [0.05, 0.1) is 25.5 Å². The number of methoxy groups -OCH3 is 2. The molecule has 162 valence electrons. The number of para-hydroxylation sites is 2. The lowest BCUT2D eigenvalue weighted by Crippen LogP contribution is -2.50. The van der Waals surface area contributed by atoms with E-state index in [2.05, 4.69) is 10.2 Å². The van der Waals surface area contributed by atoms with Gasteiger partial charge >= 0.3 is 0 Å². The van der Waals surface area contributed by atoms with Gasteiger partial charge in [-0.1, -0.05) is 24.3 Å². The normalized spacial score (nSPS) is 14.9. The van der Waals surface area contributed by atoms with Crippen LogP contribution in [0.2, 0.25) is 0 Å². The molecule has 1 aliphatic rings. The fraction of sp³-hybridized carbons (Fsp3) is 0.381. The fourth-order valence-corrected chi connectivity index (χ4v) is 4.78. The maximum Gasteiger partial charge on any atom is 0.255 e. The summed E-state index contributed by atoms with van der Waals surface area (Å²) in [6, 6.07) is 14.9. The molecule has 0 saturated carbocycles. The molecule has 1 amide bonds. The zero-order valence-corrected chi connectivity index (χ0v) is 18.0. The van der Waals surface area contributed by atoms with Crippen LogP contribution in [0.1, 0.15) is 10.4 Å². The van der Waals surface area contributed by atoms with Crippen LogP contribution >= 0.6 is 0 Å². The average Bonchev–Trinajstić information content (AvgIpc) is 2.78. The summed E-state index contributed by atoms with van der Waals surface area (Å²) in [5, 5.41) is 2.66. The van der Waals surface area contributed by atoms with E-state index in [0.29, 0.717) is 43.2 Å². The quantitative estimate of drug-likeness (QED) is 0.680. The Labute approximate surface area is 177 Å². The fourth-order valence-electron chi connectivity index (χ4n) is 3.45. The molecule has 8 nitrogen and oxygen atoms in total. The third-order valence-electron chi connectivity index (χ3n) is 5.05. The first-order chi connectivity index (χ1) is 14.5. The smallest absolute Gasteiger partial charge is 0.255 e. The molecule has 3 rings (SSSR count). The highest BCUT2D eigenvalue weighted by atomic mass is 32.2. The summed E-state index contributed by atoms with van der Waals surface area (Å²) in [6.45, 7) is 2.14. The Morgan fingerprint density at radius 2 is 1.67 bits per heavy atom. The summed E-state index contributed by atoms with van der Waals surface area (Å²) in [5.74, 6) is 0.192. The SMILES string of the molecule is COc1cccc(C(=O)NCCS(=O)(=O)N2CCN(c3ccccc3)CC2)c1OC. The van der Waals surface area contributed by atoms with Crippen LogP contribution in [-0.2, 0) is 10.0 Å². The van der Waals surface area contributed by atoms with E-state index in [1.807, 2.05) is 30.3 Å². The number of nitrogens with zero attached hydrogens (tertiary/aromatic N) is 2. The van der Waals surface area contributed by atoms with E-state index >= 15 is 0 Å². The first-order valence-electron chi connectivity index (χ1n) is 9.73. The highest BCUT2D eigenvalue weighted by Crippen LogP contribution is 2.30. The molecule has 2 aromatic carbocycles. The highest BCUT2D eigenvalue weighted by Gasteiger charge is 2.27. The Balaban J connectivity index is 1.53. The second-order valence-corrected chi connectivity index (χ2v) is 8.92. The first-order valence-corrected chi connectivity index (χ1v) is 11.3. The van der Waals surface area contributed by atoms with E-state index in [9.17, 15) is 13.2 Å². The van der Waals surface area contributed by atoms with Crippen molar-refractivity contribution >= 4 is 21.6 Å². The van der Waals surface area contributed by atoms with Crippen LogP contribution < -0.4 is 19.7 Å². The maximum absolute atomic E-state index is 12.7. The Morgan fingerprint density at radius 1 is 0.967 bits per heavy atom. The van der Waals surface area contributed by atoms with E-state index in [1.165, 1.54) is 18.5 Å². The summed E-state index contributed by atoms with van der Waals surface area (Å²) in [7, 11) is -0.517. The second-order valence-electron chi connectivity index (χ2n) is 6.83. The van der Waals surface area contributed by atoms with Crippen molar-refractivity contribution in [1.29, 1.82) is 0 Å². The van der Waals surface area contributed by atoms with Crippen LogP contribution in [0.5, 0.6) is 11.5 Å². The highest BCUT2D eigenvalue weighted by molar-refractivity contribution is 7.89. The molecule has 0 atom stereocenters. The molecule has 1 heterocycles. The van der Waals surface area contributed by atoms with Gasteiger partial charge in [0.25, 0.3) is 5.91 Å². The van der Waals surface area contributed by atoms with Gasteiger partial charge < -0.3 is 19.7 Å². The number of piperazine rings is 1. The van der Waals surface area contributed by atoms with Crippen molar-refractivity contribution in [3.8, 4) is 11.5 Å². The Bertz CT molecular complexity index is 958. The Hall–Kier alpha value is -2.78. The van der Waals surface area contributed by atoms with E-state index in [0.717, 1.165) is 5.69 Å². The predicted molar refractivity (Wildman–Crippen MR) is 116 cm³/mol. The van der Waals surface area contributed by atoms with Crippen molar-refractivity contribution in [2.75, 3.05) is 57.6 Å². The lowest BCUT2D eigenvalue weighted by molar-refractivity contribution is 0.0952. The van der Waals surface area contributed by atoms with Gasteiger partial charge in [-0.3, -0.25) is 4.79 Å². The molecule has 0 unspecified atom stereocenters. The number of hydrogen-bond donors (Lipinski definition) is 1. The summed E-state index contributed by atoms with van der Waals surface area (Å²) in [5.41, 5.74) is 1.39. The van der Waals surface area contributed by atoms with E-state index in [1.54, 1.807) is 18.2 Å². The topological polar surface area (TPSA) is 88.2 Å². The van der Waals surface area contributed by atoms with E-state index in [-0.39, 0.29) is 12.3 Å². The van der Waals surface area contributed by atoms with Gasteiger partial charge in [-0.2, -0.15) is 4.31 Å². The number of rotatable bonds is 8. The van der Waals surface area contributed by atoms with Crippen LogP contribution in [0.15, 0.2) is 48.5 Å². The van der Waals surface area contributed by atoms with Gasteiger partial charge in [-0.25, -0.2) is 8.42 Å². The van der Waals surface area contributed by atoms with Gasteiger partial charge in [0.2, 0.25) is 10.0 Å². The maximum atomic E-state index is 12.7. The zero-order chi connectivity index (χ0) is 21.6. The van der Waals surface area contributed by atoms with Crippen molar-refractivity contribution in [1.82, 2.24) is 9.62 Å². The van der Waals surface area contributed by atoms with Crippen molar-refractivity contribution in [2.24, 2.45) is 0 Å². The number of carbonyl (C=O) groups is 1. The van der Waals surface area contributed by atoms with Gasteiger partial charge in [0, 0.05) is 38.4 Å². The van der Waals surface area contributed by atoms with Gasteiger partial charge in [-0.15, -0.1) is 0 Å². The van der Waals surface area contributed by atoms with Crippen molar-refractivity contribution in [2.45, 2.75) is 0 Å². The molecule has 1 aliphatic heterocycles. The van der Waals surface area contributed by atoms with Crippen LogP contribution in [0, 0.1) is 0 Å². The molecule has 1 saturated heterocycles. The van der Waals surface area contributed by atoms with E-state index < -0.39 is 15.9 Å². The lowest BCUT2D eigenvalue weighted by atomic mass is 10.1. The molecular formula is C21H27N3O5S. The summed E-state index contributed by atoms with van der Waals surface area (Å²) >= 11 is 0. The van der Waals surface area contributed by atoms with Crippen molar-refractivity contribution in [3.63, 3.8) is 0 Å². The molecule has 2 aromatic rings. The number of sulfonamides is 1. The molecule has 0 aromatic heterocycles. The average molecular weight is 434 g/mol. The minimum Gasteiger partial charge on any atom is -0.493 e. The third-order valence-corrected chi connectivity index (χ3v) is 6.92. The van der Waals surface area contributed by atoms with Gasteiger partial charge in [0.15, 0.2) is 11.5 Å². The molecule has 1 fully saturated rings. The molecule has 30 heavy (non-hydrogen) atoms. The Morgan fingerprint density at radius 3 is 2.30 bits per heavy atom. The Kier molecular flexibility index (Phi) is 7.17. The monoisotopic (exact) mass is 433 g/mol. The van der Waals surface area contributed by atoms with E-state index in [4.69, 9.17) is 9.47 Å². The third kappa shape index (κ3) is 5.03. The minimum absolute atomic E-state index is 0.0143.